The second kappa shape index (κ2) is 5.82. The van der Waals surface area contributed by atoms with Crippen molar-refractivity contribution in [1.82, 2.24) is 4.31 Å². The maximum Gasteiger partial charge on any atom is 0.243 e. The number of halogens is 1. The number of nitrogen functional groups attached to an aromatic ring is 1. The smallest absolute Gasteiger partial charge is 0.243 e. The lowest BCUT2D eigenvalue weighted by molar-refractivity contribution is -0.123. The summed E-state index contributed by atoms with van der Waals surface area (Å²) < 4.78 is 26.7. The standard InChI is InChI=1S/C13H18ClN3O3S/c1-8-2-3-9(13(16)18)7-17(8)21(19,20)10-4-5-11(14)12(15)6-10/h4-6,8-9H,2-3,7,15H2,1H3,(H2,16,18). The molecular formula is C13H18ClN3O3S. The Morgan fingerprint density at radius 2 is 2.05 bits per heavy atom. The first-order chi connectivity index (χ1) is 9.73. The molecule has 116 valence electrons. The van der Waals surface area contributed by atoms with Crippen molar-refractivity contribution in [3.8, 4) is 0 Å². The zero-order valence-corrected chi connectivity index (χ0v) is 13.2. The van der Waals surface area contributed by atoms with Gasteiger partial charge in [-0.25, -0.2) is 8.42 Å². The van der Waals surface area contributed by atoms with E-state index in [1.807, 2.05) is 6.92 Å². The van der Waals surface area contributed by atoms with Gasteiger partial charge in [-0.3, -0.25) is 4.79 Å². The molecule has 1 fully saturated rings. The molecule has 6 nitrogen and oxygen atoms in total. The van der Waals surface area contributed by atoms with Crippen LogP contribution in [0.4, 0.5) is 5.69 Å². The highest BCUT2D eigenvalue weighted by atomic mass is 35.5. The van der Waals surface area contributed by atoms with Crippen LogP contribution in [0.25, 0.3) is 0 Å². The molecule has 1 aliphatic heterocycles. The van der Waals surface area contributed by atoms with Gasteiger partial charge in [-0.15, -0.1) is 0 Å². The zero-order valence-electron chi connectivity index (χ0n) is 11.6. The number of carbonyl (C=O) groups is 1. The first kappa shape index (κ1) is 16.1. The quantitative estimate of drug-likeness (QED) is 0.811. The third kappa shape index (κ3) is 3.14. The van der Waals surface area contributed by atoms with Crippen molar-refractivity contribution >= 4 is 33.2 Å². The number of anilines is 1. The van der Waals surface area contributed by atoms with Crippen molar-refractivity contribution in [3.63, 3.8) is 0 Å². The summed E-state index contributed by atoms with van der Waals surface area (Å²) in [7, 11) is -3.73. The van der Waals surface area contributed by atoms with E-state index in [0.717, 1.165) is 0 Å². The number of primary amides is 1. The molecule has 1 saturated heterocycles. The van der Waals surface area contributed by atoms with Crippen molar-refractivity contribution in [2.75, 3.05) is 12.3 Å². The lowest BCUT2D eigenvalue weighted by Crippen LogP contribution is -2.48. The van der Waals surface area contributed by atoms with Gasteiger partial charge in [0, 0.05) is 12.6 Å². The summed E-state index contributed by atoms with van der Waals surface area (Å²) in [5, 5.41) is 0.302. The Hall–Kier alpha value is -1.31. The van der Waals surface area contributed by atoms with E-state index in [9.17, 15) is 13.2 Å². The van der Waals surface area contributed by atoms with E-state index >= 15 is 0 Å². The van der Waals surface area contributed by atoms with Crippen LogP contribution in [-0.4, -0.2) is 31.2 Å². The van der Waals surface area contributed by atoms with Crippen LogP contribution in [0.3, 0.4) is 0 Å². The van der Waals surface area contributed by atoms with Crippen LogP contribution in [0, 0.1) is 5.92 Å². The second-order valence-corrected chi connectivity index (χ2v) is 7.58. The number of nitrogens with zero attached hydrogens (tertiary/aromatic N) is 1. The zero-order chi connectivity index (χ0) is 15.8. The topological polar surface area (TPSA) is 106 Å². The van der Waals surface area contributed by atoms with Gasteiger partial charge in [0.05, 0.1) is 21.5 Å². The van der Waals surface area contributed by atoms with Crippen LogP contribution in [0.15, 0.2) is 23.1 Å². The summed E-state index contributed by atoms with van der Waals surface area (Å²) in [5.41, 5.74) is 11.2. The number of benzene rings is 1. The van der Waals surface area contributed by atoms with Gasteiger partial charge < -0.3 is 11.5 Å². The molecular weight excluding hydrogens is 314 g/mol. The molecule has 0 saturated carbocycles. The molecule has 2 atom stereocenters. The van der Waals surface area contributed by atoms with Crippen LogP contribution in [0.1, 0.15) is 19.8 Å². The number of hydrogen-bond donors (Lipinski definition) is 2. The van der Waals surface area contributed by atoms with Crippen molar-refractivity contribution < 1.29 is 13.2 Å². The number of nitrogens with two attached hydrogens (primary N) is 2. The molecule has 2 unspecified atom stereocenters. The third-order valence-electron chi connectivity index (χ3n) is 3.80. The van der Waals surface area contributed by atoms with E-state index in [4.69, 9.17) is 23.1 Å². The number of amides is 1. The van der Waals surface area contributed by atoms with Gasteiger partial charge in [-0.1, -0.05) is 11.6 Å². The summed E-state index contributed by atoms with van der Waals surface area (Å²) in [6.45, 7) is 1.91. The van der Waals surface area contributed by atoms with E-state index in [1.54, 1.807) is 0 Å². The Morgan fingerprint density at radius 1 is 1.38 bits per heavy atom. The summed E-state index contributed by atoms with van der Waals surface area (Å²) in [5.74, 6) is -0.932. The van der Waals surface area contributed by atoms with E-state index in [-0.39, 0.29) is 23.2 Å². The molecule has 0 spiro atoms. The average Bonchev–Trinajstić information content (AvgIpc) is 2.41. The van der Waals surface area contributed by atoms with Gasteiger partial charge in [0.1, 0.15) is 0 Å². The third-order valence-corrected chi connectivity index (χ3v) is 6.12. The Kier molecular flexibility index (Phi) is 4.46. The first-order valence-corrected chi connectivity index (χ1v) is 8.41. The van der Waals surface area contributed by atoms with Crippen LogP contribution < -0.4 is 11.5 Å². The van der Waals surface area contributed by atoms with Crippen LogP contribution >= 0.6 is 11.6 Å². The van der Waals surface area contributed by atoms with Crippen LogP contribution in [0.5, 0.6) is 0 Å². The van der Waals surface area contributed by atoms with E-state index in [0.29, 0.717) is 17.9 Å². The van der Waals surface area contributed by atoms with Crippen LogP contribution in [-0.2, 0) is 14.8 Å². The predicted octanol–water partition coefficient (Wildman–Crippen LogP) is 1.20. The minimum atomic E-state index is -3.73. The molecule has 1 aliphatic rings. The fourth-order valence-corrected chi connectivity index (χ4v) is 4.32. The fourth-order valence-electron chi connectivity index (χ4n) is 2.46. The van der Waals surface area contributed by atoms with Gasteiger partial charge in [-0.2, -0.15) is 4.31 Å². The minimum absolute atomic E-state index is 0.0707. The highest BCUT2D eigenvalue weighted by molar-refractivity contribution is 7.89. The van der Waals surface area contributed by atoms with E-state index < -0.39 is 21.8 Å². The Bertz CT molecular complexity index is 663. The molecule has 0 radical (unpaired) electrons. The lowest BCUT2D eigenvalue weighted by atomic mass is 9.95. The van der Waals surface area contributed by atoms with Gasteiger partial charge >= 0.3 is 0 Å². The van der Waals surface area contributed by atoms with Crippen molar-refractivity contribution in [3.05, 3.63) is 23.2 Å². The molecule has 0 aliphatic carbocycles. The SMILES string of the molecule is CC1CCC(C(N)=O)CN1S(=O)(=O)c1ccc(Cl)c(N)c1. The Balaban J connectivity index is 2.36. The van der Waals surface area contributed by atoms with Gasteiger partial charge in [-0.05, 0) is 38.0 Å². The highest BCUT2D eigenvalue weighted by Gasteiger charge is 2.36. The van der Waals surface area contributed by atoms with E-state index in [1.165, 1.54) is 22.5 Å². The molecule has 0 bridgehead atoms. The minimum Gasteiger partial charge on any atom is -0.397 e. The Labute approximate surface area is 129 Å². The molecule has 21 heavy (non-hydrogen) atoms. The number of carbonyl (C=O) groups excluding carboxylic acids is 1. The molecule has 0 aromatic heterocycles. The van der Waals surface area contributed by atoms with Crippen molar-refractivity contribution in [1.29, 1.82) is 0 Å². The molecule has 2 rings (SSSR count). The van der Waals surface area contributed by atoms with Gasteiger partial charge in [0.15, 0.2) is 0 Å². The number of sulfonamides is 1. The average molecular weight is 332 g/mol. The molecule has 4 N–H and O–H groups in total. The maximum atomic E-state index is 12.7. The van der Waals surface area contributed by atoms with Crippen molar-refractivity contribution in [2.24, 2.45) is 11.7 Å². The predicted molar refractivity (Wildman–Crippen MR) is 81.1 cm³/mol. The first-order valence-electron chi connectivity index (χ1n) is 6.59. The summed E-state index contributed by atoms with van der Waals surface area (Å²) in [6, 6.07) is 4.00. The van der Waals surface area contributed by atoms with E-state index in [2.05, 4.69) is 0 Å². The molecule has 1 aromatic rings. The maximum absolute atomic E-state index is 12.7. The Morgan fingerprint density at radius 3 is 2.62 bits per heavy atom. The van der Waals surface area contributed by atoms with Crippen molar-refractivity contribution in [2.45, 2.75) is 30.7 Å². The normalized spacial score (nSPS) is 23.9. The number of hydrogen-bond acceptors (Lipinski definition) is 4. The summed E-state index contributed by atoms with van der Waals surface area (Å²) in [4.78, 5) is 11.4. The molecule has 1 amide bonds. The monoisotopic (exact) mass is 331 g/mol. The second-order valence-electron chi connectivity index (χ2n) is 5.28. The van der Waals surface area contributed by atoms with Crippen LogP contribution in [0.2, 0.25) is 5.02 Å². The molecule has 8 heteroatoms. The lowest BCUT2D eigenvalue weighted by Gasteiger charge is -2.35. The van der Waals surface area contributed by atoms with Gasteiger partial charge in [0.25, 0.3) is 0 Å². The number of rotatable bonds is 3. The fraction of sp³-hybridized carbons (Fsp3) is 0.462. The molecule has 1 heterocycles. The number of piperidine rings is 1. The highest BCUT2D eigenvalue weighted by Crippen LogP contribution is 2.30. The largest absolute Gasteiger partial charge is 0.397 e. The molecule has 1 aromatic carbocycles. The summed E-state index contributed by atoms with van der Waals surface area (Å²) in [6.07, 6.45) is 1.20. The van der Waals surface area contributed by atoms with Gasteiger partial charge in [0.2, 0.25) is 15.9 Å². The summed E-state index contributed by atoms with van der Waals surface area (Å²) >= 11 is 5.82.